The van der Waals surface area contributed by atoms with E-state index in [1.807, 2.05) is 42.5 Å². The Morgan fingerprint density at radius 2 is 1.82 bits per heavy atom. The van der Waals surface area contributed by atoms with Crippen LogP contribution in [0.25, 0.3) is 0 Å². The summed E-state index contributed by atoms with van der Waals surface area (Å²) in [6.45, 7) is 4.25. The lowest BCUT2D eigenvalue weighted by Crippen LogP contribution is -2.15. The summed E-state index contributed by atoms with van der Waals surface area (Å²) in [6, 6.07) is 15.7. The van der Waals surface area contributed by atoms with Gasteiger partial charge in [0.15, 0.2) is 0 Å². The fourth-order valence-corrected chi connectivity index (χ4v) is 2.96. The van der Waals surface area contributed by atoms with Gasteiger partial charge in [0.25, 0.3) is 0 Å². The van der Waals surface area contributed by atoms with Gasteiger partial charge in [0.05, 0.1) is 5.75 Å². The summed E-state index contributed by atoms with van der Waals surface area (Å²) in [5.41, 5.74) is 9.67. The molecule has 3 nitrogen and oxygen atoms in total. The number of rotatable bonds is 6. The molecule has 0 aliphatic carbocycles. The molecular weight excluding hydrogens is 292 g/mol. The Balaban J connectivity index is 1.84. The molecule has 0 atom stereocenters. The molecule has 0 aliphatic rings. The Kier molecular flexibility index (Phi) is 5.90. The smallest absolute Gasteiger partial charge is 0.234 e. The van der Waals surface area contributed by atoms with Gasteiger partial charge in [0.2, 0.25) is 5.91 Å². The van der Waals surface area contributed by atoms with Crippen LogP contribution in [0.15, 0.2) is 48.5 Å². The zero-order valence-corrected chi connectivity index (χ0v) is 13.8. The summed E-state index contributed by atoms with van der Waals surface area (Å²) in [4.78, 5) is 12.1. The van der Waals surface area contributed by atoms with E-state index in [-0.39, 0.29) is 5.91 Å². The van der Waals surface area contributed by atoms with Gasteiger partial charge in [0.1, 0.15) is 0 Å². The maximum absolute atomic E-state index is 12.1. The van der Waals surface area contributed by atoms with E-state index in [1.54, 1.807) is 11.8 Å². The normalized spacial score (nSPS) is 10.7. The van der Waals surface area contributed by atoms with Gasteiger partial charge in [-0.1, -0.05) is 44.2 Å². The monoisotopic (exact) mass is 314 g/mol. The molecule has 2 aromatic rings. The number of hydrogen-bond acceptors (Lipinski definition) is 3. The quantitative estimate of drug-likeness (QED) is 0.783. The fraction of sp³-hybridized carbons (Fsp3) is 0.278. The number of hydrogen-bond donors (Lipinski definition) is 2. The first-order valence-electron chi connectivity index (χ1n) is 7.37. The van der Waals surface area contributed by atoms with Crippen LogP contribution in [0, 0.1) is 0 Å². The summed E-state index contributed by atoms with van der Waals surface area (Å²) >= 11 is 1.60. The van der Waals surface area contributed by atoms with Gasteiger partial charge in [-0.15, -0.1) is 11.8 Å². The standard InChI is InChI=1S/C18H22N2OS/c1-13(2)16-5-3-4-6-17(16)20-18(21)12-22-11-14-7-9-15(19)10-8-14/h3-10,13H,11-12,19H2,1-2H3,(H,20,21). The summed E-state index contributed by atoms with van der Waals surface area (Å²) in [5, 5.41) is 3.01. The Morgan fingerprint density at radius 3 is 2.50 bits per heavy atom. The van der Waals surface area contributed by atoms with E-state index in [0.717, 1.165) is 17.1 Å². The van der Waals surface area contributed by atoms with Gasteiger partial charge < -0.3 is 11.1 Å². The van der Waals surface area contributed by atoms with Gasteiger partial charge in [-0.2, -0.15) is 0 Å². The summed E-state index contributed by atoms with van der Waals surface area (Å²) in [7, 11) is 0. The molecule has 22 heavy (non-hydrogen) atoms. The molecule has 1 amide bonds. The van der Waals surface area contributed by atoms with Gasteiger partial charge in [-0.05, 0) is 35.2 Å². The van der Waals surface area contributed by atoms with Crippen molar-refractivity contribution in [1.29, 1.82) is 0 Å². The van der Waals surface area contributed by atoms with E-state index < -0.39 is 0 Å². The molecule has 0 aliphatic heterocycles. The third-order valence-electron chi connectivity index (χ3n) is 3.34. The van der Waals surface area contributed by atoms with E-state index in [2.05, 4.69) is 25.2 Å². The van der Waals surface area contributed by atoms with Crippen molar-refractivity contribution in [2.75, 3.05) is 16.8 Å². The molecule has 4 heteroatoms. The third-order valence-corrected chi connectivity index (χ3v) is 4.34. The number of benzene rings is 2. The SMILES string of the molecule is CC(C)c1ccccc1NC(=O)CSCc1ccc(N)cc1. The molecule has 116 valence electrons. The minimum atomic E-state index is 0.0357. The number of amides is 1. The Bertz CT molecular complexity index is 623. The largest absolute Gasteiger partial charge is 0.399 e. The molecule has 0 unspecified atom stereocenters. The van der Waals surface area contributed by atoms with Crippen molar-refractivity contribution in [3.05, 3.63) is 59.7 Å². The van der Waals surface area contributed by atoms with Crippen LogP contribution in [-0.2, 0) is 10.5 Å². The Hall–Kier alpha value is -1.94. The maximum atomic E-state index is 12.1. The highest BCUT2D eigenvalue weighted by Gasteiger charge is 2.09. The van der Waals surface area contributed by atoms with Crippen LogP contribution in [0.2, 0.25) is 0 Å². The van der Waals surface area contributed by atoms with Crippen molar-refractivity contribution >= 4 is 29.0 Å². The fourth-order valence-electron chi connectivity index (χ4n) is 2.18. The minimum absolute atomic E-state index is 0.0357. The maximum Gasteiger partial charge on any atom is 0.234 e. The average molecular weight is 314 g/mol. The van der Waals surface area contributed by atoms with Crippen LogP contribution < -0.4 is 11.1 Å². The van der Waals surface area contributed by atoms with Crippen LogP contribution in [-0.4, -0.2) is 11.7 Å². The van der Waals surface area contributed by atoms with E-state index in [1.165, 1.54) is 11.1 Å². The lowest BCUT2D eigenvalue weighted by molar-refractivity contribution is -0.113. The predicted octanol–water partition coefficient (Wildman–Crippen LogP) is 4.26. The van der Waals surface area contributed by atoms with E-state index in [9.17, 15) is 4.79 Å². The van der Waals surface area contributed by atoms with Gasteiger partial charge in [-0.3, -0.25) is 4.79 Å². The third kappa shape index (κ3) is 4.81. The molecule has 0 radical (unpaired) electrons. The zero-order chi connectivity index (χ0) is 15.9. The molecular formula is C18H22N2OS. The van der Waals surface area contributed by atoms with Gasteiger partial charge in [-0.25, -0.2) is 0 Å². The molecule has 0 aromatic heterocycles. The van der Waals surface area contributed by atoms with Gasteiger partial charge in [0, 0.05) is 17.1 Å². The second kappa shape index (κ2) is 7.90. The number of carbonyl (C=O) groups excluding carboxylic acids is 1. The molecule has 0 saturated carbocycles. The minimum Gasteiger partial charge on any atom is -0.399 e. The zero-order valence-electron chi connectivity index (χ0n) is 13.0. The highest BCUT2D eigenvalue weighted by molar-refractivity contribution is 7.99. The molecule has 0 fully saturated rings. The second-order valence-corrected chi connectivity index (χ2v) is 6.51. The summed E-state index contributed by atoms with van der Waals surface area (Å²) in [5.74, 6) is 1.67. The first-order chi connectivity index (χ1) is 10.6. The lowest BCUT2D eigenvalue weighted by Gasteiger charge is -2.13. The Morgan fingerprint density at radius 1 is 1.14 bits per heavy atom. The first-order valence-corrected chi connectivity index (χ1v) is 8.52. The first kappa shape index (κ1) is 16.4. The Labute approximate surface area is 136 Å². The molecule has 2 aromatic carbocycles. The number of para-hydroxylation sites is 1. The lowest BCUT2D eigenvalue weighted by atomic mass is 10.0. The number of nitrogens with one attached hydrogen (secondary N) is 1. The summed E-state index contributed by atoms with van der Waals surface area (Å²) < 4.78 is 0. The van der Waals surface area contributed by atoms with Crippen LogP contribution in [0.3, 0.4) is 0 Å². The number of nitrogen functional groups attached to an aromatic ring is 1. The van der Waals surface area contributed by atoms with E-state index in [0.29, 0.717) is 11.7 Å². The van der Waals surface area contributed by atoms with Crippen molar-refractivity contribution in [1.82, 2.24) is 0 Å². The van der Waals surface area contributed by atoms with Crippen LogP contribution in [0.4, 0.5) is 11.4 Å². The second-order valence-electron chi connectivity index (χ2n) is 5.52. The number of anilines is 2. The van der Waals surface area contributed by atoms with E-state index >= 15 is 0 Å². The van der Waals surface area contributed by atoms with Crippen molar-refractivity contribution in [2.24, 2.45) is 0 Å². The van der Waals surface area contributed by atoms with Crippen molar-refractivity contribution in [3.8, 4) is 0 Å². The van der Waals surface area contributed by atoms with Crippen molar-refractivity contribution in [2.45, 2.75) is 25.5 Å². The summed E-state index contributed by atoms with van der Waals surface area (Å²) in [6.07, 6.45) is 0. The molecule has 0 saturated heterocycles. The highest BCUT2D eigenvalue weighted by Crippen LogP contribution is 2.24. The molecule has 2 rings (SSSR count). The number of thioether (sulfide) groups is 1. The number of carbonyl (C=O) groups is 1. The van der Waals surface area contributed by atoms with Gasteiger partial charge >= 0.3 is 0 Å². The molecule has 3 N–H and O–H groups in total. The molecule has 0 spiro atoms. The van der Waals surface area contributed by atoms with E-state index in [4.69, 9.17) is 5.73 Å². The van der Waals surface area contributed by atoms with Crippen LogP contribution >= 0.6 is 11.8 Å². The van der Waals surface area contributed by atoms with Crippen LogP contribution in [0.1, 0.15) is 30.9 Å². The molecule has 0 heterocycles. The van der Waals surface area contributed by atoms with Crippen LogP contribution in [0.5, 0.6) is 0 Å². The topological polar surface area (TPSA) is 55.1 Å². The highest BCUT2D eigenvalue weighted by atomic mass is 32.2. The number of nitrogens with two attached hydrogens (primary N) is 1. The molecule has 0 bridgehead atoms. The predicted molar refractivity (Wildman–Crippen MR) is 96.2 cm³/mol. The average Bonchev–Trinajstić information content (AvgIpc) is 2.49. The van der Waals surface area contributed by atoms with Crippen molar-refractivity contribution in [3.63, 3.8) is 0 Å². The van der Waals surface area contributed by atoms with Crippen molar-refractivity contribution < 1.29 is 4.79 Å².